The molecule has 0 saturated carbocycles. The predicted molar refractivity (Wildman–Crippen MR) is 65.1 cm³/mol. The molecule has 0 aliphatic heterocycles. The van der Waals surface area contributed by atoms with Crippen molar-refractivity contribution in [3.63, 3.8) is 0 Å². The Kier molecular flexibility index (Phi) is 3.90. The molecule has 1 atom stereocenters. The van der Waals surface area contributed by atoms with Gasteiger partial charge in [-0.25, -0.2) is 4.39 Å². The molecule has 2 N–H and O–H groups in total. The normalized spacial score (nSPS) is 14.0. The summed E-state index contributed by atoms with van der Waals surface area (Å²) in [6.45, 7) is 6.17. The number of benzene rings is 1. The van der Waals surface area contributed by atoms with E-state index in [9.17, 15) is 4.39 Å². The molecule has 1 rings (SSSR count). The number of hydrogen-bond donors (Lipinski definition) is 1. The van der Waals surface area contributed by atoms with E-state index in [1.807, 2.05) is 6.07 Å². The molecule has 15 heavy (non-hydrogen) atoms. The molecule has 3 heteroatoms. The SMILES string of the molecule is CCC(C)(C)C(N)c1cccc(Br)c1F. The Morgan fingerprint density at radius 2 is 2.07 bits per heavy atom. The van der Waals surface area contributed by atoms with Crippen molar-refractivity contribution in [2.75, 3.05) is 0 Å². The zero-order valence-corrected chi connectivity index (χ0v) is 10.9. The summed E-state index contributed by atoms with van der Waals surface area (Å²) in [5, 5.41) is 0. The fourth-order valence-electron chi connectivity index (χ4n) is 1.40. The third-order valence-electron chi connectivity index (χ3n) is 3.07. The Bertz CT molecular complexity index is 349. The van der Waals surface area contributed by atoms with Crippen LogP contribution in [0, 0.1) is 11.2 Å². The Hall–Kier alpha value is -0.410. The quantitative estimate of drug-likeness (QED) is 0.885. The van der Waals surface area contributed by atoms with E-state index in [1.165, 1.54) is 0 Å². The van der Waals surface area contributed by atoms with Gasteiger partial charge in [-0.1, -0.05) is 32.9 Å². The lowest BCUT2D eigenvalue weighted by Gasteiger charge is -2.31. The van der Waals surface area contributed by atoms with Gasteiger partial charge in [0.25, 0.3) is 0 Å². The lowest BCUT2D eigenvalue weighted by molar-refractivity contribution is 0.272. The first-order valence-electron chi connectivity index (χ1n) is 5.09. The summed E-state index contributed by atoms with van der Waals surface area (Å²) >= 11 is 3.17. The topological polar surface area (TPSA) is 26.0 Å². The van der Waals surface area contributed by atoms with E-state index in [4.69, 9.17) is 5.73 Å². The van der Waals surface area contributed by atoms with Gasteiger partial charge in [-0.2, -0.15) is 0 Å². The van der Waals surface area contributed by atoms with Crippen molar-refractivity contribution < 1.29 is 4.39 Å². The maximum atomic E-state index is 13.8. The molecule has 84 valence electrons. The second kappa shape index (κ2) is 4.62. The van der Waals surface area contributed by atoms with E-state index in [-0.39, 0.29) is 17.3 Å². The van der Waals surface area contributed by atoms with Crippen molar-refractivity contribution in [2.24, 2.45) is 11.1 Å². The van der Waals surface area contributed by atoms with Crippen LogP contribution in [0.4, 0.5) is 4.39 Å². The smallest absolute Gasteiger partial charge is 0.142 e. The molecule has 0 aliphatic rings. The zero-order valence-electron chi connectivity index (χ0n) is 9.35. The molecule has 1 nitrogen and oxygen atoms in total. The van der Waals surface area contributed by atoms with Gasteiger partial charge >= 0.3 is 0 Å². The van der Waals surface area contributed by atoms with Crippen LogP contribution in [0.3, 0.4) is 0 Å². The third-order valence-corrected chi connectivity index (χ3v) is 3.68. The van der Waals surface area contributed by atoms with Crippen LogP contribution in [0.25, 0.3) is 0 Å². The molecule has 0 amide bonds. The van der Waals surface area contributed by atoms with E-state index < -0.39 is 0 Å². The molecular weight excluding hydrogens is 257 g/mol. The minimum atomic E-state index is -0.278. The van der Waals surface area contributed by atoms with Gasteiger partial charge in [0.05, 0.1) is 4.47 Å². The van der Waals surface area contributed by atoms with Crippen molar-refractivity contribution in [1.82, 2.24) is 0 Å². The van der Waals surface area contributed by atoms with E-state index in [1.54, 1.807) is 12.1 Å². The van der Waals surface area contributed by atoms with Crippen LogP contribution in [0.15, 0.2) is 22.7 Å². The summed E-state index contributed by atoms with van der Waals surface area (Å²) in [6, 6.07) is 4.97. The molecule has 1 aromatic carbocycles. The second-order valence-electron chi connectivity index (χ2n) is 4.46. The molecule has 1 aromatic rings. The fourth-order valence-corrected chi connectivity index (χ4v) is 1.78. The van der Waals surface area contributed by atoms with Crippen molar-refractivity contribution in [3.8, 4) is 0 Å². The Labute approximate surface area is 99.0 Å². The Balaban J connectivity index is 3.12. The highest BCUT2D eigenvalue weighted by molar-refractivity contribution is 9.10. The van der Waals surface area contributed by atoms with Gasteiger partial charge in [0.1, 0.15) is 5.82 Å². The van der Waals surface area contributed by atoms with Gasteiger partial charge in [-0.15, -0.1) is 0 Å². The highest BCUT2D eigenvalue weighted by Crippen LogP contribution is 2.36. The molecule has 0 aliphatic carbocycles. The largest absolute Gasteiger partial charge is 0.323 e. The molecule has 0 saturated heterocycles. The minimum Gasteiger partial charge on any atom is -0.323 e. The molecule has 0 aromatic heterocycles. The first-order chi connectivity index (χ1) is 6.90. The molecule has 0 spiro atoms. The maximum Gasteiger partial charge on any atom is 0.142 e. The van der Waals surface area contributed by atoms with E-state index in [0.717, 1.165) is 6.42 Å². The van der Waals surface area contributed by atoms with E-state index >= 15 is 0 Å². The van der Waals surface area contributed by atoms with Crippen LogP contribution in [0.2, 0.25) is 0 Å². The van der Waals surface area contributed by atoms with Crippen molar-refractivity contribution >= 4 is 15.9 Å². The number of rotatable bonds is 3. The first-order valence-corrected chi connectivity index (χ1v) is 5.89. The van der Waals surface area contributed by atoms with Crippen molar-refractivity contribution in [1.29, 1.82) is 0 Å². The maximum absolute atomic E-state index is 13.8. The summed E-state index contributed by atoms with van der Waals surface area (Å²) in [5.74, 6) is -0.244. The minimum absolute atomic E-state index is 0.0956. The predicted octanol–water partition coefficient (Wildman–Crippen LogP) is 4.02. The molecule has 1 unspecified atom stereocenters. The molecule has 0 heterocycles. The standard InChI is InChI=1S/C12H17BrFN/c1-4-12(2,3)11(15)8-6-5-7-9(13)10(8)14/h5-7,11H,4,15H2,1-3H3. The van der Waals surface area contributed by atoms with Gasteiger partial charge in [0.2, 0.25) is 0 Å². The van der Waals surface area contributed by atoms with Crippen molar-refractivity contribution in [3.05, 3.63) is 34.1 Å². The third kappa shape index (κ3) is 2.58. The summed E-state index contributed by atoms with van der Waals surface area (Å²) in [6.07, 6.45) is 0.917. The molecule has 0 fully saturated rings. The Morgan fingerprint density at radius 3 is 2.60 bits per heavy atom. The highest BCUT2D eigenvalue weighted by Gasteiger charge is 2.28. The van der Waals surface area contributed by atoms with Crippen molar-refractivity contribution in [2.45, 2.75) is 33.2 Å². The summed E-state index contributed by atoms with van der Waals surface area (Å²) in [7, 11) is 0. The lowest BCUT2D eigenvalue weighted by atomic mass is 9.79. The van der Waals surface area contributed by atoms with Gasteiger partial charge in [0.15, 0.2) is 0 Å². The monoisotopic (exact) mass is 273 g/mol. The zero-order chi connectivity index (χ0) is 11.6. The molecule has 0 radical (unpaired) electrons. The van der Waals surface area contributed by atoms with Gasteiger partial charge < -0.3 is 5.73 Å². The van der Waals surface area contributed by atoms with Crippen LogP contribution >= 0.6 is 15.9 Å². The van der Waals surface area contributed by atoms with Gasteiger partial charge in [-0.3, -0.25) is 0 Å². The van der Waals surface area contributed by atoms with Crippen LogP contribution in [-0.4, -0.2) is 0 Å². The average molecular weight is 274 g/mol. The van der Waals surface area contributed by atoms with Crippen LogP contribution < -0.4 is 5.73 Å². The lowest BCUT2D eigenvalue weighted by Crippen LogP contribution is -2.29. The number of nitrogens with two attached hydrogens (primary N) is 1. The highest BCUT2D eigenvalue weighted by atomic mass is 79.9. The average Bonchev–Trinajstić information content (AvgIpc) is 2.21. The van der Waals surface area contributed by atoms with E-state index in [0.29, 0.717) is 10.0 Å². The summed E-state index contributed by atoms with van der Waals surface area (Å²) in [4.78, 5) is 0. The number of hydrogen-bond acceptors (Lipinski definition) is 1. The fraction of sp³-hybridized carbons (Fsp3) is 0.500. The van der Waals surface area contributed by atoms with E-state index in [2.05, 4.69) is 36.7 Å². The van der Waals surface area contributed by atoms with Crippen LogP contribution in [0.5, 0.6) is 0 Å². The van der Waals surface area contributed by atoms with Crippen LogP contribution in [-0.2, 0) is 0 Å². The first kappa shape index (κ1) is 12.7. The second-order valence-corrected chi connectivity index (χ2v) is 5.32. The summed E-state index contributed by atoms with van der Waals surface area (Å²) in [5.41, 5.74) is 6.58. The van der Waals surface area contributed by atoms with Gasteiger partial charge in [-0.05, 0) is 33.8 Å². The number of halogens is 2. The van der Waals surface area contributed by atoms with Gasteiger partial charge in [0, 0.05) is 11.6 Å². The summed E-state index contributed by atoms with van der Waals surface area (Å²) < 4.78 is 14.3. The Morgan fingerprint density at radius 1 is 1.47 bits per heavy atom. The van der Waals surface area contributed by atoms with Crippen LogP contribution in [0.1, 0.15) is 38.8 Å². The molecular formula is C12H17BrFN. The molecule has 0 bridgehead atoms.